The van der Waals surface area contributed by atoms with E-state index >= 15 is 0 Å². The molecule has 6 heteroatoms. The molecule has 2 aromatic heterocycles. The van der Waals surface area contributed by atoms with Crippen LogP contribution in [0.25, 0.3) is 11.3 Å². The lowest BCUT2D eigenvalue weighted by atomic mass is 10.1. The summed E-state index contributed by atoms with van der Waals surface area (Å²) < 4.78 is 23.9. The summed E-state index contributed by atoms with van der Waals surface area (Å²) in [5.41, 5.74) is 0.757. The second-order valence-electron chi connectivity index (χ2n) is 4.70. The summed E-state index contributed by atoms with van der Waals surface area (Å²) in [5.74, 6) is 0.352. The number of carbonyl (C=O) groups is 1. The number of hydrogen-bond donors (Lipinski definition) is 1. The van der Waals surface area contributed by atoms with E-state index in [1.165, 1.54) is 6.07 Å². The fraction of sp³-hybridized carbons (Fsp3) is 0.125. The number of aromatic nitrogens is 1. The molecule has 0 bridgehead atoms. The van der Waals surface area contributed by atoms with E-state index < -0.39 is 5.82 Å². The molecule has 0 aliphatic rings. The van der Waals surface area contributed by atoms with Crippen molar-refractivity contribution in [3.8, 4) is 11.3 Å². The van der Waals surface area contributed by atoms with Crippen LogP contribution in [0.3, 0.4) is 0 Å². The van der Waals surface area contributed by atoms with Gasteiger partial charge in [-0.05, 0) is 24.3 Å². The molecule has 0 spiro atoms. The van der Waals surface area contributed by atoms with Gasteiger partial charge in [-0.1, -0.05) is 17.3 Å². The van der Waals surface area contributed by atoms with Crippen molar-refractivity contribution in [2.45, 2.75) is 13.0 Å². The highest BCUT2D eigenvalue weighted by Crippen LogP contribution is 2.23. The maximum Gasteiger partial charge on any atom is 0.226 e. The Balaban J connectivity index is 1.62. The van der Waals surface area contributed by atoms with Gasteiger partial charge in [0.05, 0.1) is 30.5 Å². The first-order valence-electron chi connectivity index (χ1n) is 6.72. The van der Waals surface area contributed by atoms with Gasteiger partial charge in [-0.3, -0.25) is 4.79 Å². The number of hydrogen-bond acceptors (Lipinski definition) is 4. The zero-order valence-corrected chi connectivity index (χ0v) is 11.6. The van der Waals surface area contributed by atoms with Gasteiger partial charge in [0.25, 0.3) is 0 Å². The largest absolute Gasteiger partial charge is 0.467 e. The smallest absolute Gasteiger partial charge is 0.226 e. The molecule has 3 aromatic rings. The molecule has 0 aliphatic carbocycles. The number of nitrogens with one attached hydrogen (secondary N) is 1. The summed E-state index contributed by atoms with van der Waals surface area (Å²) in [7, 11) is 0. The fourth-order valence-electron chi connectivity index (χ4n) is 2.01. The third-order valence-corrected chi connectivity index (χ3v) is 3.08. The second-order valence-corrected chi connectivity index (χ2v) is 4.70. The van der Waals surface area contributed by atoms with Crippen molar-refractivity contribution in [3.05, 3.63) is 66.0 Å². The average molecular weight is 300 g/mol. The Morgan fingerprint density at radius 2 is 2.09 bits per heavy atom. The van der Waals surface area contributed by atoms with Crippen LogP contribution in [0.4, 0.5) is 4.39 Å². The Labute approximate surface area is 125 Å². The number of benzene rings is 1. The van der Waals surface area contributed by atoms with Crippen molar-refractivity contribution in [3.63, 3.8) is 0 Å². The molecule has 0 saturated carbocycles. The number of halogens is 1. The molecule has 5 nitrogen and oxygen atoms in total. The molecule has 0 radical (unpaired) electrons. The quantitative estimate of drug-likeness (QED) is 0.786. The maximum atomic E-state index is 13.6. The number of carbonyl (C=O) groups excluding carboxylic acids is 1. The van der Waals surface area contributed by atoms with Crippen molar-refractivity contribution in [2.75, 3.05) is 0 Å². The molecule has 0 saturated heterocycles. The number of nitrogens with zero attached hydrogens (tertiary/aromatic N) is 1. The van der Waals surface area contributed by atoms with Gasteiger partial charge in [0.1, 0.15) is 11.6 Å². The van der Waals surface area contributed by atoms with Crippen LogP contribution < -0.4 is 5.32 Å². The minimum Gasteiger partial charge on any atom is -0.467 e. The molecule has 112 valence electrons. The maximum absolute atomic E-state index is 13.6. The van der Waals surface area contributed by atoms with Gasteiger partial charge in [0, 0.05) is 6.07 Å². The van der Waals surface area contributed by atoms with Gasteiger partial charge in [-0.25, -0.2) is 4.39 Å². The van der Waals surface area contributed by atoms with Crippen molar-refractivity contribution in [1.29, 1.82) is 0 Å². The zero-order chi connectivity index (χ0) is 15.4. The summed E-state index contributed by atoms with van der Waals surface area (Å²) in [6, 6.07) is 11.3. The molecule has 0 atom stereocenters. The lowest BCUT2D eigenvalue weighted by molar-refractivity contribution is -0.120. The summed E-state index contributed by atoms with van der Waals surface area (Å²) >= 11 is 0. The van der Waals surface area contributed by atoms with E-state index in [0.717, 1.165) is 0 Å². The van der Waals surface area contributed by atoms with Crippen LogP contribution in [-0.4, -0.2) is 11.1 Å². The van der Waals surface area contributed by atoms with Crippen LogP contribution in [0, 0.1) is 5.82 Å². The van der Waals surface area contributed by atoms with Crippen LogP contribution in [0.2, 0.25) is 0 Å². The molecule has 0 aliphatic heterocycles. The molecule has 1 N–H and O–H groups in total. The standard InChI is InChI=1S/C16H13FN2O3/c17-14-6-2-1-5-13(14)15-8-11(19-22-15)9-16(20)18-10-12-4-3-7-21-12/h1-8H,9-10H2,(H,18,20). The summed E-state index contributed by atoms with van der Waals surface area (Å²) in [5, 5.41) is 6.50. The highest BCUT2D eigenvalue weighted by molar-refractivity contribution is 5.78. The van der Waals surface area contributed by atoms with E-state index in [1.807, 2.05) is 0 Å². The Hall–Kier alpha value is -2.89. The van der Waals surface area contributed by atoms with Crippen LogP contribution in [0.5, 0.6) is 0 Å². The molecule has 1 amide bonds. The van der Waals surface area contributed by atoms with Gasteiger partial charge in [0.2, 0.25) is 5.91 Å². The summed E-state index contributed by atoms with van der Waals surface area (Å²) in [4.78, 5) is 11.8. The van der Waals surface area contributed by atoms with E-state index in [-0.39, 0.29) is 12.3 Å². The van der Waals surface area contributed by atoms with E-state index in [0.29, 0.717) is 29.3 Å². The summed E-state index contributed by atoms with van der Waals surface area (Å²) in [6.07, 6.45) is 1.60. The molecule has 2 heterocycles. The van der Waals surface area contributed by atoms with Crippen LogP contribution in [-0.2, 0) is 17.8 Å². The fourth-order valence-corrected chi connectivity index (χ4v) is 2.01. The van der Waals surface area contributed by atoms with Gasteiger partial charge < -0.3 is 14.3 Å². The predicted molar refractivity (Wildman–Crippen MR) is 76.2 cm³/mol. The van der Waals surface area contributed by atoms with E-state index in [2.05, 4.69) is 10.5 Å². The topological polar surface area (TPSA) is 68.3 Å². The highest BCUT2D eigenvalue weighted by atomic mass is 19.1. The molecule has 22 heavy (non-hydrogen) atoms. The first-order valence-corrected chi connectivity index (χ1v) is 6.72. The normalized spacial score (nSPS) is 10.6. The second kappa shape index (κ2) is 6.26. The lowest BCUT2D eigenvalue weighted by Gasteiger charge is -2.00. The van der Waals surface area contributed by atoms with Gasteiger partial charge in [-0.15, -0.1) is 0 Å². The van der Waals surface area contributed by atoms with Crippen molar-refractivity contribution in [2.24, 2.45) is 0 Å². The lowest BCUT2D eigenvalue weighted by Crippen LogP contribution is -2.24. The average Bonchev–Trinajstić information content (AvgIpc) is 3.17. The van der Waals surface area contributed by atoms with Crippen molar-refractivity contribution < 1.29 is 18.1 Å². The Morgan fingerprint density at radius 1 is 1.23 bits per heavy atom. The van der Waals surface area contributed by atoms with Crippen LogP contribution in [0.1, 0.15) is 11.5 Å². The zero-order valence-electron chi connectivity index (χ0n) is 11.6. The first-order chi connectivity index (χ1) is 10.7. The molecular weight excluding hydrogens is 287 g/mol. The number of rotatable bonds is 5. The molecule has 0 fully saturated rings. The molecule has 3 rings (SSSR count). The SMILES string of the molecule is O=C(Cc1cc(-c2ccccc2F)on1)NCc1ccco1. The molecular formula is C16H13FN2O3. The van der Waals surface area contributed by atoms with E-state index in [4.69, 9.17) is 8.94 Å². The van der Waals surface area contributed by atoms with Crippen molar-refractivity contribution >= 4 is 5.91 Å². The van der Waals surface area contributed by atoms with Gasteiger partial charge in [0.15, 0.2) is 5.76 Å². The van der Waals surface area contributed by atoms with Crippen LogP contribution >= 0.6 is 0 Å². The highest BCUT2D eigenvalue weighted by Gasteiger charge is 2.13. The minimum atomic E-state index is -0.396. The van der Waals surface area contributed by atoms with Gasteiger partial charge in [-0.2, -0.15) is 0 Å². The Kier molecular flexibility index (Phi) is 4.00. The van der Waals surface area contributed by atoms with E-state index in [1.54, 1.807) is 42.7 Å². The summed E-state index contributed by atoms with van der Waals surface area (Å²) in [6.45, 7) is 0.309. The Bertz CT molecular complexity index is 765. The minimum absolute atomic E-state index is 0.0542. The molecule has 1 aromatic carbocycles. The monoisotopic (exact) mass is 300 g/mol. The third-order valence-electron chi connectivity index (χ3n) is 3.08. The van der Waals surface area contributed by atoms with Crippen LogP contribution in [0.15, 0.2) is 57.7 Å². The predicted octanol–water partition coefficient (Wildman–Crippen LogP) is 2.93. The Morgan fingerprint density at radius 3 is 2.86 bits per heavy atom. The number of furan rings is 1. The molecule has 0 unspecified atom stereocenters. The first kappa shape index (κ1) is 14.1. The number of amides is 1. The third kappa shape index (κ3) is 3.22. The van der Waals surface area contributed by atoms with Gasteiger partial charge >= 0.3 is 0 Å². The van der Waals surface area contributed by atoms with E-state index in [9.17, 15) is 9.18 Å². The van der Waals surface area contributed by atoms with Crippen molar-refractivity contribution in [1.82, 2.24) is 10.5 Å².